The first-order chi connectivity index (χ1) is 14.7. The molecule has 0 unspecified atom stereocenters. The fourth-order valence-corrected chi connectivity index (χ4v) is 3.18. The molecule has 30 heavy (non-hydrogen) atoms. The zero-order chi connectivity index (χ0) is 20.9. The van der Waals surface area contributed by atoms with Crippen LogP contribution in [0.3, 0.4) is 0 Å². The molecule has 1 aromatic heterocycles. The summed E-state index contributed by atoms with van der Waals surface area (Å²) >= 11 is 0. The Labute approximate surface area is 173 Å². The Morgan fingerprint density at radius 3 is 2.57 bits per heavy atom. The maximum atomic E-state index is 12.7. The number of aromatic nitrogens is 3. The molecule has 0 atom stereocenters. The molecule has 1 fully saturated rings. The van der Waals surface area contributed by atoms with E-state index in [2.05, 4.69) is 20.4 Å². The van der Waals surface area contributed by atoms with Gasteiger partial charge in [-0.1, -0.05) is 18.2 Å². The Balaban J connectivity index is 1.56. The normalized spacial score (nSPS) is 13.7. The predicted molar refractivity (Wildman–Crippen MR) is 110 cm³/mol. The average Bonchev–Trinajstić information content (AvgIpc) is 3.30. The summed E-state index contributed by atoms with van der Waals surface area (Å²) in [6, 6.07) is 14.5. The van der Waals surface area contributed by atoms with Crippen molar-refractivity contribution >= 4 is 23.3 Å². The second-order valence-corrected chi connectivity index (χ2v) is 6.63. The molecule has 0 spiro atoms. The minimum atomic E-state index is -0.534. The van der Waals surface area contributed by atoms with Crippen LogP contribution in [0.5, 0.6) is 0 Å². The van der Waals surface area contributed by atoms with Gasteiger partial charge in [-0.05, 0) is 30.3 Å². The van der Waals surface area contributed by atoms with Gasteiger partial charge in [0.25, 0.3) is 5.91 Å². The number of rotatable bonds is 5. The number of nitrogens with zero attached hydrogens (tertiary/aromatic N) is 4. The van der Waals surface area contributed by atoms with E-state index in [1.54, 1.807) is 12.1 Å². The molecule has 0 radical (unpaired) electrons. The Morgan fingerprint density at radius 1 is 1.07 bits per heavy atom. The quantitative estimate of drug-likeness (QED) is 0.647. The molecular weight excluding hydrogens is 386 g/mol. The molecule has 0 saturated carbocycles. The smallest absolute Gasteiger partial charge is 0.340 e. The van der Waals surface area contributed by atoms with Gasteiger partial charge < -0.3 is 19.7 Å². The van der Waals surface area contributed by atoms with Crippen molar-refractivity contribution in [1.82, 2.24) is 15.0 Å². The van der Waals surface area contributed by atoms with Gasteiger partial charge in [0.15, 0.2) is 5.69 Å². The number of hydrogen-bond donors (Lipinski definition) is 1. The number of amides is 1. The third-order valence-electron chi connectivity index (χ3n) is 4.74. The summed E-state index contributed by atoms with van der Waals surface area (Å²) in [5.74, 6) is -1.00. The first kappa shape index (κ1) is 19.6. The molecule has 2 aromatic carbocycles. The largest absolute Gasteiger partial charge is 0.465 e. The van der Waals surface area contributed by atoms with Crippen molar-refractivity contribution in [2.45, 2.75) is 0 Å². The van der Waals surface area contributed by atoms with Crippen LogP contribution in [-0.2, 0) is 9.47 Å². The number of ether oxygens (including phenoxy) is 2. The molecule has 3 aromatic rings. The summed E-state index contributed by atoms with van der Waals surface area (Å²) < 4.78 is 10.3. The molecule has 1 aliphatic rings. The lowest BCUT2D eigenvalue weighted by molar-refractivity contribution is 0.0602. The van der Waals surface area contributed by atoms with Gasteiger partial charge in [-0.2, -0.15) is 9.90 Å². The number of methoxy groups -OCH3 is 1. The van der Waals surface area contributed by atoms with Gasteiger partial charge in [-0.15, -0.1) is 5.10 Å². The number of carbonyl (C=O) groups is 2. The number of esters is 1. The van der Waals surface area contributed by atoms with Gasteiger partial charge in [-0.3, -0.25) is 4.79 Å². The van der Waals surface area contributed by atoms with Crippen LogP contribution >= 0.6 is 0 Å². The van der Waals surface area contributed by atoms with Gasteiger partial charge in [-0.25, -0.2) is 4.79 Å². The molecule has 9 nitrogen and oxygen atoms in total. The number of anilines is 2. The van der Waals surface area contributed by atoms with E-state index in [0.29, 0.717) is 18.9 Å². The Hall–Kier alpha value is -3.72. The number of nitrogens with one attached hydrogen (secondary N) is 1. The monoisotopic (exact) mass is 407 g/mol. The van der Waals surface area contributed by atoms with Crippen molar-refractivity contribution in [1.29, 1.82) is 0 Å². The Kier molecular flexibility index (Phi) is 5.71. The summed E-state index contributed by atoms with van der Waals surface area (Å²) in [5, 5.41) is 11.1. The van der Waals surface area contributed by atoms with E-state index >= 15 is 0 Å². The van der Waals surface area contributed by atoms with Gasteiger partial charge >= 0.3 is 5.97 Å². The molecule has 1 saturated heterocycles. The lowest BCUT2D eigenvalue weighted by atomic mass is 10.1. The second kappa shape index (κ2) is 8.75. The van der Waals surface area contributed by atoms with E-state index < -0.39 is 11.9 Å². The number of hydrogen-bond acceptors (Lipinski definition) is 7. The SMILES string of the molecule is COC(=O)c1cc(N2CCOCC2)ccc1NC(=O)c1cnn(-c2ccccc2)n1. The van der Waals surface area contributed by atoms with Gasteiger partial charge in [0.2, 0.25) is 0 Å². The van der Waals surface area contributed by atoms with Gasteiger partial charge in [0.05, 0.1) is 43.5 Å². The van der Waals surface area contributed by atoms with Crippen LogP contribution in [0, 0.1) is 0 Å². The van der Waals surface area contributed by atoms with E-state index in [0.717, 1.165) is 24.5 Å². The van der Waals surface area contributed by atoms with Crippen LogP contribution in [0.1, 0.15) is 20.8 Å². The lowest BCUT2D eigenvalue weighted by Crippen LogP contribution is -2.36. The molecule has 0 bridgehead atoms. The van der Waals surface area contributed by atoms with Crippen LogP contribution < -0.4 is 10.2 Å². The standard InChI is InChI=1S/C21H21N5O4/c1-29-21(28)17-13-16(25-9-11-30-12-10-25)7-8-18(17)23-20(27)19-14-22-26(24-19)15-5-3-2-4-6-15/h2-8,13-14H,9-12H2,1H3,(H,23,27). The third-order valence-corrected chi connectivity index (χ3v) is 4.74. The zero-order valence-corrected chi connectivity index (χ0v) is 16.4. The van der Waals surface area contributed by atoms with Crippen molar-refractivity contribution in [2.24, 2.45) is 0 Å². The van der Waals surface area contributed by atoms with Crippen LogP contribution in [0.2, 0.25) is 0 Å². The number of para-hydroxylation sites is 1. The van der Waals surface area contributed by atoms with E-state index in [4.69, 9.17) is 9.47 Å². The summed E-state index contributed by atoms with van der Waals surface area (Å²) in [7, 11) is 1.31. The van der Waals surface area contributed by atoms with Crippen LogP contribution in [0.4, 0.5) is 11.4 Å². The van der Waals surface area contributed by atoms with Crippen molar-refractivity contribution in [3.63, 3.8) is 0 Å². The molecule has 154 valence electrons. The van der Waals surface area contributed by atoms with Crippen LogP contribution in [-0.4, -0.2) is 60.3 Å². The molecule has 2 heterocycles. The van der Waals surface area contributed by atoms with Crippen LogP contribution in [0.25, 0.3) is 5.69 Å². The number of morpholine rings is 1. The second-order valence-electron chi connectivity index (χ2n) is 6.63. The van der Waals surface area contributed by atoms with E-state index in [-0.39, 0.29) is 11.3 Å². The maximum Gasteiger partial charge on any atom is 0.340 e. The van der Waals surface area contributed by atoms with Crippen LogP contribution in [0.15, 0.2) is 54.7 Å². The fraction of sp³-hybridized carbons (Fsp3) is 0.238. The van der Waals surface area contributed by atoms with Crippen molar-refractivity contribution < 1.29 is 19.1 Å². The molecular formula is C21H21N5O4. The molecule has 0 aliphatic carbocycles. The zero-order valence-electron chi connectivity index (χ0n) is 16.4. The van der Waals surface area contributed by atoms with Crippen molar-refractivity contribution in [3.8, 4) is 5.69 Å². The first-order valence-corrected chi connectivity index (χ1v) is 9.50. The minimum absolute atomic E-state index is 0.131. The van der Waals surface area contributed by atoms with Crippen molar-refractivity contribution in [2.75, 3.05) is 43.6 Å². The highest BCUT2D eigenvalue weighted by Gasteiger charge is 2.20. The predicted octanol–water partition coefficient (Wildman–Crippen LogP) is 2.14. The molecule has 1 aliphatic heterocycles. The van der Waals surface area contributed by atoms with Gasteiger partial charge in [0, 0.05) is 18.8 Å². The number of benzene rings is 2. The Bertz CT molecular complexity index is 1040. The third kappa shape index (κ3) is 4.15. The highest BCUT2D eigenvalue weighted by Crippen LogP contribution is 2.25. The van der Waals surface area contributed by atoms with E-state index in [1.807, 2.05) is 36.4 Å². The van der Waals surface area contributed by atoms with E-state index in [9.17, 15) is 9.59 Å². The highest BCUT2D eigenvalue weighted by molar-refractivity contribution is 6.07. The molecule has 4 rings (SSSR count). The summed E-state index contributed by atoms with van der Waals surface area (Å²) in [5.41, 5.74) is 2.35. The topological polar surface area (TPSA) is 98.6 Å². The fourth-order valence-electron chi connectivity index (χ4n) is 3.18. The maximum absolute atomic E-state index is 12.7. The summed E-state index contributed by atoms with van der Waals surface area (Å²) in [6.45, 7) is 2.72. The molecule has 1 amide bonds. The summed E-state index contributed by atoms with van der Waals surface area (Å²) in [4.78, 5) is 28.5. The van der Waals surface area contributed by atoms with Crippen molar-refractivity contribution in [3.05, 3.63) is 66.0 Å². The lowest BCUT2D eigenvalue weighted by Gasteiger charge is -2.29. The molecule has 9 heteroatoms. The summed E-state index contributed by atoms with van der Waals surface area (Å²) in [6.07, 6.45) is 1.38. The number of carbonyl (C=O) groups excluding carboxylic acids is 2. The first-order valence-electron chi connectivity index (χ1n) is 9.50. The van der Waals surface area contributed by atoms with E-state index in [1.165, 1.54) is 18.1 Å². The minimum Gasteiger partial charge on any atom is -0.465 e. The highest BCUT2D eigenvalue weighted by atomic mass is 16.5. The molecule has 1 N–H and O–H groups in total. The van der Waals surface area contributed by atoms with Gasteiger partial charge in [0.1, 0.15) is 0 Å². The Morgan fingerprint density at radius 2 is 1.83 bits per heavy atom. The average molecular weight is 407 g/mol.